The SMILES string of the molecule is CCCCCCCC/C=C\CCCCCCCCCC(=O)NC(CO)C(O)C(O)CCC/C=C/CC/C=C/CCCCCCCCCCCC. The van der Waals surface area contributed by atoms with E-state index in [9.17, 15) is 20.1 Å². The van der Waals surface area contributed by atoms with Crippen LogP contribution >= 0.6 is 0 Å². The van der Waals surface area contributed by atoms with E-state index in [4.69, 9.17) is 0 Å². The van der Waals surface area contributed by atoms with E-state index in [1.807, 2.05) is 0 Å². The average Bonchev–Trinajstić information content (AvgIpc) is 3.12. The van der Waals surface area contributed by atoms with Crippen LogP contribution in [0.1, 0.15) is 219 Å². The van der Waals surface area contributed by atoms with Crippen LogP contribution < -0.4 is 5.32 Å². The number of rotatable bonds is 39. The van der Waals surface area contributed by atoms with Gasteiger partial charge in [-0.1, -0.05) is 172 Å². The molecule has 5 nitrogen and oxygen atoms in total. The van der Waals surface area contributed by atoms with Gasteiger partial charge < -0.3 is 20.6 Å². The Kier molecular flexibility index (Phi) is 39.2. The summed E-state index contributed by atoms with van der Waals surface area (Å²) in [5.41, 5.74) is 0. The number of amides is 1. The van der Waals surface area contributed by atoms with Crippen molar-refractivity contribution in [1.29, 1.82) is 0 Å². The molecule has 0 aromatic carbocycles. The minimum absolute atomic E-state index is 0.163. The molecule has 0 aromatic heterocycles. The molecular weight excluding hydrogens is 618 g/mol. The van der Waals surface area contributed by atoms with Crippen molar-refractivity contribution in [2.75, 3.05) is 6.61 Å². The fraction of sp³-hybridized carbons (Fsp3) is 0.844. The molecule has 0 aliphatic heterocycles. The summed E-state index contributed by atoms with van der Waals surface area (Å²) in [7, 11) is 0. The van der Waals surface area contributed by atoms with Gasteiger partial charge in [-0.2, -0.15) is 0 Å². The van der Waals surface area contributed by atoms with Crippen LogP contribution in [0.4, 0.5) is 0 Å². The van der Waals surface area contributed by atoms with Crippen LogP contribution in [0.15, 0.2) is 36.5 Å². The molecule has 294 valence electrons. The summed E-state index contributed by atoms with van der Waals surface area (Å²) in [6.07, 6.45) is 49.6. The molecule has 0 spiro atoms. The van der Waals surface area contributed by atoms with Gasteiger partial charge in [0, 0.05) is 6.42 Å². The van der Waals surface area contributed by atoms with E-state index in [1.165, 1.54) is 148 Å². The standard InChI is InChI=1S/C45H85NO4/c1-3-5-7-9-11-13-15-17-19-21-22-24-25-27-29-31-33-35-37-39-43(48)45(50)42(41-47)46-44(49)40-38-36-34-32-30-28-26-23-20-18-16-14-12-10-8-6-4-2/h18,20,24-25,31,33,42-43,45,47-48,50H,3-17,19,21-23,26-30,32,34-41H2,1-2H3,(H,46,49)/b20-18-,25-24+,33-31+. The van der Waals surface area contributed by atoms with Crippen LogP contribution in [0.3, 0.4) is 0 Å². The molecule has 0 aromatic rings. The normalized spacial score (nSPS) is 13.9. The van der Waals surface area contributed by atoms with Crippen LogP contribution in [-0.2, 0) is 4.79 Å². The summed E-state index contributed by atoms with van der Waals surface area (Å²) >= 11 is 0. The van der Waals surface area contributed by atoms with Crippen LogP contribution in [0.5, 0.6) is 0 Å². The highest BCUT2D eigenvalue weighted by atomic mass is 16.3. The lowest BCUT2D eigenvalue weighted by Gasteiger charge is -2.26. The molecule has 3 atom stereocenters. The summed E-state index contributed by atoms with van der Waals surface area (Å²) < 4.78 is 0. The zero-order chi connectivity index (χ0) is 36.6. The minimum atomic E-state index is -1.17. The molecule has 0 rings (SSSR count). The number of nitrogens with one attached hydrogen (secondary N) is 1. The predicted octanol–water partition coefficient (Wildman–Crippen LogP) is 12.4. The van der Waals surface area contributed by atoms with Gasteiger partial charge in [-0.25, -0.2) is 0 Å². The molecule has 0 fully saturated rings. The molecule has 0 saturated carbocycles. The molecule has 0 heterocycles. The third kappa shape index (κ3) is 35.0. The number of aliphatic hydroxyl groups excluding tert-OH is 3. The van der Waals surface area contributed by atoms with Gasteiger partial charge in [0.15, 0.2) is 0 Å². The summed E-state index contributed by atoms with van der Waals surface area (Å²) in [6, 6.07) is -0.833. The molecule has 3 unspecified atom stereocenters. The van der Waals surface area contributed by atoms with Crippen molar-refractivity contribution in [3.8, 4) is 0 Å². The lowest BCUT2D eigenvalue weighted by Crippen LogP contribution is -2.50. The van der Waals surface area contributed by atoms with E-state index in [-0.39, 0.29) is 12.5 Å². The highest BCUT2D eigenvalue weighted by Gasteiger charge is 2.26. The number of carbonyl (C=O) groups is 1. The number of aliphatic hydroxyl groups is 3. The first kappa shape index (κ1) is 48.6. The Morgan fingerprint density at radius 1 is 0.480 bits per heavy atom. The molecule has 1 amide bonds. The van der Waals surface area contributed by atoms with E-state index in [1.54, 1.807) is 0 Å². The second kappa shape index (κ2) is 40.3. The quantitative estimate of drug-likeness (QED) is 0.0379. The third-order valence-electron chi connectivity index (χ3n) is 9.94. The molecule has 0 aliphatic rings. The molecular formula is C45H85NO4. The van der Waals surface area contributed by atoms with Crippen molar-refractivity contribution in [2.45, 2.75) is 238 Å². The zero-order valence-electron chi connectivity index (χ0n) is 33.3. The molecule has 0 saturated heterocycles. The van der Waals surface area contributed by atoms with Crippen LogP contribution in [0, 0.1) is 0 Å². The first-order valence-corrected chi connectivity index (χ1v) is 21.8. The monoisotopic (exact) mass is 704 g/mol. The lowest BCUT2D eigenvalue weighted by atomic mass is 10.0. The van der Waals surface area contributed by atoms with Crippen molar-refractivity contribution in [3.63, 3.8) is 0 Å². The summed E-state index contributed by atoms with van der Waals surface area (Å²) in [6.45, 7) is 4.16. The van der Waals surface area contributed by atoms with Gasteiger partial charge in [0.05, 0.1) is 18.8 Å². The predicted molar refractivity (Wildman–Crippen MR) is 218 cm³/mol. The number of carbonyl (C=O) groups excluding carboxylic acids is 1. The average molecular weight is 704 g/mol. The van der Waals surface area contributed by atoms with Gasteiger partial charge in [-0.05, 0) is 77.0 Å². The Morgan fingerprint density at radius 2 is 0.820 bits per heavy atom. The third-order valence-corrected chi connectivity index (χ3v) is 9.94. The number of allylic oxidation sites excluding steroid dienone is 6. The van der Waals surface area contributed by atoms with Crippen molar-refractivity contribution in [2.24, 2.45) is 0 Å². The van der Waals surface area contributed by atoms with E-state index in [0.29, 0.717) is 12.8 Å². The van der Waals surface area contributed by atoms with Crippen LogP contribution in [0.2, 0.25) is 0 Å². The Hall–Kier alpha value is -1.43. The van der Waals surface area contributed by atoms with E-state index >= 15 is 0 Å². The lowest BCUT2D eigenvalue weighted by molar-refractivity contribution is -0.124. The molecule has 0 radical (unpaired) electrons. The second-order valence-corrected chi connectivity index (χ2v) is 14.9. The largest absolute Gasteiger partial charge is 0.394 e. The Bertz CT molecular complexity index is 779. The molecule has 50 heavy (non-hydrogen) atoms. The van der Waals surface area contributed by atoms with E-state index in [2.05, 4.69) is 55.6 Å². The molecule has 5 heteroatoms. The number of unbranched alkanes of at least 4 members (excludes halogenated alkanes) is 25. The summed E-state index contributed by atoms with van der Waals surface area (Å²) in [5, 5.41) is 33.5. The maximum absolute atomic E-state index is 12.4. The fourth-order valence-electron chi connectivity index (χ4n) is 6.53. The second-order valence-electron chi connectivity index (χ2n) is 14.9. The highest BCUT2D eigenvalue weighted by Crippen LogP contribution is 2.14. The van der Waals surface area contributed by atoms with Crippen LogP contribution in [-0.4, -0.2) is 46.1 Å². The maximum atomic E-state index is 12.4. The Balaban J connectivity index is 3.72. The molecule has 0 aliphatic carbocycles. The maximum Gasteiger partial charge on any atom is 0.220 e. The Morgan fingerprint density at radius 3 is 1.22 bits per heavy atom. The van der Waals surface area contributed by atoms with E-state index < -0.39 is 18.2 Å². The highest BCUT2D eigenvalue weighted by molar-refractivity contribution is 5.76. The molecule has 4 N–H and O–H groups in total. The van der Waals surface area contributed by atoms with Gasteiger partial charge >= 0.3 is 0 Å². The number of hydrogen-bond acceptors (Lipinski definition) is 4. The summed E-state index contributed by atoms with van der Waals surface area (Å²) in [5.74, 6) is -0.163. The van der Waals surface area contributed by atoms with Gasteiger partial charge in [-0.15, -0.1) is 0 Å². The van der Waals surface area contributed by atoms with Crippen molar-refractivity contribution in [1.82, 2.24) is 5.32 Å². The first-order valence-electron chi connectivity index (χ1n) is 21.8. The van der Waals surface area contributed by atoms with Crippen molar-refractivity contribution in [3.05, 3.63) is 36.5 Å². The zero-order valence-corrected chi connectivity index (χ0v) is 33.3. The van der Waals surface area contributed by atoms with Gasteiger partial charge in [0.25, 0.3) is 0 Å². The van der Waals surface area contributed by atoms with E-state index in [0.717, 1.165) is 44.9 Å². The van der Waals surface area contributed by atoms with Gasteiger partial charge in [0.1, 0.15) is 6.10 Å². The topological polar surface area (TPSA) is 89.8 Å². The first-order chi connectivity index (χ1) is 24.6. The summed E-state index contributed by atoms with van der Waals surface area (Å²) in [4.78, 5) is 12.4. The Labute approximate surface area is 311 Å². The molecule has 0 bridgehead atoms. The minimum Gasteiger partial charge on any atom is -0.394 e. The smallest absolute Gasteiger partial charge is 0.220 e. The van der Waals surface area contributed by atoms with Gasteiger partial charge in [0.2, 0.25) is 5.91 Å². The van der Waals surface area contributed by atoms with Crippen molar-refractivity contribution < 1.29 is 20.1 Å². The van der Waals surface area contributed by atoms with Gasteiger partial charge in [-0.3, -0.25) is 4.79 Å². The van der Waals surface area contributed by atoms with Crippen molar-refractivity contribution >= 4 is 5.91 Å². The van der Waals surface area contributed by atoms with Crippen LogP contribution in [0.25, 0.3) is 0 Å². The number of hydrogen-bond donors (Lipinski definition) is 4. The fourth-order valence-corrected chi connectivity index (χ4v) is 6.53.